The van der Waals surface area contributed by atoms with Gasteiger partial charge in [0.15, 0.2) is 3.79 Å². The van der Waals surface area contributed by atoms with Crippen LogP contribution in [0.4, 0.5) is 0 Å². The Morgan fingerprint density at radius 1 is 1.25 bits per heavy atom. The Hall–Kier alpha value is -0.410. The van der Waals surface area contributed by atoms with E-state index in [0.29, 0.717) is 12.5 Å². The molecule has 0 aliphatic rings. The third-order valence-electron chi connectivity index (χ3n) is 3.27. The highest BCUT2D eigenvalue weighted by Crippen LogP contribution is 2.32. The minimum Gasteiger partial charge on any atom is -0.464 e. The summed E-state index contributed by atoms with van der Waals surface area (Å²) in [5, 5.41) is 4.56. The zero-order chi connectivity index (χ0) is 14.6. The number of furan rings is 1. The first-order chi connectivity index (χ1) is 9.48. The molecule has 2 nitrogen and oxygen atoms in total. The second-order valence-electron chi connectivity index (χ2n) is 4.91. The lowest BCUT2D eigenvalue weighted by atomic mass is 10.0. The fourth-order valence-electron chi connectivity index (χ4n) is 2.31. The molecule has 1 aromatic carbocycles. The van der Waals surface area contributed by atoms with E-state index >= 15 is 0 Å². The van der Waals surface area contributed by atoms with Crippen LogP contribution in [0.5, 0.6) is 0 Å². The molecule has 2 rings (SSSR count). The number of benzene rings is 1. The summed E-state index contributed by atoms with van der Waals surface area (Å²) < 4.78 is 4.25. The Bertz CT molecular complexity index is 547. The van der Waals surface area contributed by atoms with Gasteiger partial charge >= 0.3 is 0 Å². The number of rotatable bonds is 6. The highest BCUT2D eigenvalue weighted by atomic mass is 35.6. The number of alkyl halides is 3. The summed E-state index contributed by atoms with van der Waals surface area (Å²) >= 11 is 17.5. The van der Waals surface area contributed by atoms with Crippen LogP contribution in [0.25, 0.3) is 11.0 Å². The van der Waals surface area contributed by atoms with Crippen LogP contribution >= 0.6 is 34.8 Å². The van der Waals surface area contributed by atoms with Gasteiger partial charge < -0.3 is 9.73 Å². The van der Waals surface area contributed by atoms with Crippen LogP contribution in [-0.4, -0.2) is 16.4 Å². The van der Waals surface area contributed by atoms with Crippen molar-refractivity contribution in [3.05, 3.63) is 36.1 Å². The number of halogens is 3. The zero-order valence-corrected chi connectivity index (χ0v) is 13.6. The molecule has 20 heavy (non-hydrogen) atoms. The van der Waals surface area contributed by atoms with Crippen molar-refractivity contribution in [3.63, 3.8) is 0 Å². The van der Waals surface area contributed by atoms with Gasteiger partial charge in [0.2, 0.25) is 0 Å². The van der Waals surface area contributed by atoms with E-state index in [9.17, 15) is 0 Å². The maximum atomic E-state index is 5.83. The van der Waals surface area contributed by atoms with Gasteiger partial charge in [0, 0.05) is 11.4 Å². The molecule has 0 fully saturated rings. The molecule has 1 aromatic heterocycles. The van der Waals surface area contributed by atoms with Gasteiger partial charge in [-0.05, 0) is 43.5 Å². The van der Waals surface area contributed by atoms with Crippen molar-refractivity contribution in [1.29, 1.82) is 0 Å². The SMILES string of the molecule is CCNC(CCC(Cl)(Cl)Cl)Cc1ccc2ccoc2c1. The summed E-state index contributed by atoms with van der Waals surface area (Å²) in [5.74, 6) is 0. The van der Waals surface area contributed by atoms with Crippen molar-refractivity contribution in [2.24, 2.45) is 0 Å². The molecule has 0 spiro atoms. The Morgan fingerprint density at radius 3 is 2.75 bits per heavy atom. The average molecular weight is 335 g/mol. The normalized spacial score (nSPS) is 13.8. The summed E-state index contributed by atoms with van der Waals surface area (Å²) in [4.78, 5) is 0. The van der Waals surface area contributed by atoms with Gasteiger partial charge in [-0.25, -0.2) is 0 Å². The molecule has 0 bridgehead atoms. The lowest BCUT2D eigenvalue weighted by Crippen LogP contribution is -2.32. The predicted octanol–water partition coefficient (Wildman–Crippen LogP) is 5.10. The van der Waals surface area contributed by atoms with Crippen LogP contribution in [0.1, 0.15) is 25.3 Å². The summed E-state index contributed by atoms with van der Waals surface area (Å²) in [7, 11) is 0. The second kappa shape index (κ2) is 7.04. The Balaban J connectivity index is 2.02. The quantitative estimate of drug-likeness (QED) is 0.743. The first-order valence-electron chi connectivity index (χ1n) is 6.74. The number of likely N-dealkylation sites (N-methyl/N-ethyl adjacent to an activating group) is 1. The first-order valence-corrected chi connectivity index (χ1v) is 7.87. The minimum atomic E-state index is -1.18. The topological polar surface area (TPSA) is 25.2 Å². The third-order valence-corrected chi connectivity index (χ3v) is 3.84. The van der Waals surface area contributed by atoms with Crippen molar-refractivity contribution in [2.45, 2.75) is 36.0 Å². The Morgan fingerprint density at radius 2 is 2.05 bits per heavy atom. The molecule has 0 aliphatic heterocycles. The molecular weight excluding hydrogens is 317 g/mol. The van der Waals surface area contributed by atoms with Crippen LogP contribution in [0.15, 0.2) is 34.9 Å². The number of hydrogen-bond donors (Lipinski definition) is 1. The third kappa shape index (κ3) is 4.85. The van der Waals surface area contributed by atoms with E-state index in [1.807, 2.05) is 6.07 Å². The fourth-order valence-corrected chi connectivity index (χ4v) is 2.64. The summed E-state index contributed by atoms with van der Waals surface area (Å²) in [5.41, 5.74) is 2.14. The van der Waals surface area contributed by atoms with Gasteiger partial charge in [-0.15, -0.1) is 0 Å². The smallest absolute Gasteiger partial charge is 0.190 e. The van der Waals surface area contributed by atoms with Crippen molar-refractivity contribution in [2.75, 3.05) is 6.54 Å². The zero-order valence-electron chi connectivity index (χ0n) is 11.3. The standard InChI is InChI=1S/C15H18Cl3NO/c1-2-19-13(5-7-15(16,17)18)9-11-3-4-12-6-8-20-14(12)10-11/h3-4,6,8,10,13,19H,2,5,7,9H2,1H3. The fraction of sp³-hybridized carbons (Fsp3) is 0.467. The number of nitrogens with one attached hydrogen (secondary N) is 1. The summed E-state index contributed by atoms with van der Waals surface area (Å²) in [6.45, 7) is 2.98. The van der Waals surface area contributed by atoms with Crippen molar-refractivity contribution < 1.29 is 4.42 Å². The average Bonchev–Trinajstić information content (AvgIpc) is 2.82. The molecular formula is C15H18Cl3NO. The molecule has 1 heterocycles. The van der Waals surface area contributed by atoms with Gasteiger partial charge in [0.05, 0.1) is 6.26 Å². The van der Waals surface area contributed by atoms with E-state index in [2.05, 4.69) is 30.4 Å². The Labute approximate surface area is 134 Å². The Kier molecular flexibility index (Phi) is 5.62. The summed E-state index contributed by atoms with van der Waals surface area (Å²) in [6.07, 6.45) is 3.96. The molecule has 1 N–H and O–H groups in total. The molecule has 0 amide bonds. The van der Waals surface area contributed by atoms with E-state index < -0.39 is 3.79 Å². The maximum absolute atomic E-state index is 5.83. The van der Waals surface area contributed by atoms with E-state index in [4.69, 9.17) is 39.2 Å². The molecule has 0 radical (unpaired) electrons. The van der Waals surface area contributed by atoms with Crippen molar-refractivity contribution in [3.8, 4) is 0 Å². The van der Waals surface area contributed by atoms with Gasteiger partial charge in [0.1, 0.15) is 5.58 Å². The lowest BCUT2D eigenvalue weighted by molar-refractivity contribution is 0.478. The van der Waals surface area contributed by atoms with Gasteiger partial charge in [-0.2, -0.15) is 0 Å². The number of fused-ring (bicyclic) bond motifs is 1. The van der Waals surface area contributed by atoms with E-state index in [-0.39, 0.29) is 0 Å². The van der Waals surface area contributed by atoms with Crippen LogP contribution in [-0.2, 0) is 6.42 Å². The van der Waals surface area contributed by atoms with Crippen LogP contribution in [0, 0.1) is 0 Å². The van der Waals surface area contributed by atoms with Crippen molar-refractivity contribution in [1.82, 2.24) is 5.32 Å². The van der Waals surface area contributed by atoms with E-state index in [1.165, 1.54) is 5.56 Å². The van der Waals surface area contributed by atoms with Crippen LogP contribution < -0.4 is 5.32 Å². The van der Waals surface area contributed by atoms with Crippen molar-refractivity contribution >= 4 is 45.8 Å². The van der Waals surface area contributed by atoms with Gasteiger partial charge in [0.25, 0.3) is 0 Å². The minimum absolute atomic E-state index is 0.294. The molecule has 1 unspecified atom stereocenters. The highest BCUT2D eigenvalue weighted by molar-refractivity contribution is 6.67. The van der Waals surface area contributed by atoms with Gasteiger partial charge in [-0.1, -0.05) is 53.9 Å². The monoisotopic (exact) mass is 333 g/mol. The first kappa shape index (κ1) is 16.0. The molecule has 0 aliphatic carbocycles. The largest absolute Gasteiger partial charge is 0.464 e. The molecule has 0 saturated heterocycles. The molecule has 110 valence electrons. The highest BCUT2D eigenvalue weighted by Gasteiger charge is 2.21. The molecule has 1 atom stereocenters. The van der Waals surface area contributed by atoms with Crippen LogP contribution in [0.3, 0.4) is 0 Å². The van der Waals surface area contributed by atoms with Gasteiger partial charge in [-0.3, -0.25) is 0 Å². The molecule has 5 heteroatoms. The van der Waals surface area contributed by atoms with E-state index in [1.54, 1.807) is 6.26 Å². The maximum Gasteiger partial charge on any atom is 0.190 e. The second-order valence-corrected chi connectivity index (χ2v) is 7.42. The molecule has 0 saturated carbocycles. The molecule has 2 aromatic rings. The lowest BCUT2D eigenvalue weighted by Gasteiger charge is -2.20. The van der Waals surface area contributed by atoms with E-state index in [0.717, 1.165) is 30.4 Å². The summed E-state index contributed by atoms with van der Waals surface area (Å²) in [6, 6.07) is 8.53. The predicted molar refractivity (Wildman–Crippen MR) is 86.9 cm³/mol. The van der Waals surface area contributed by atoms with Crippen LogP contribution in [0.2, 0.25) is 0 Å². The number of hydrogen-bond acceptors (Lipinski definition) is 2.